The van der Waals surface area contributed by atoms with Crippen molar-refractivity contribution in [2.24, 2.45) is 0 Å². The second-order valence-electron chi connectivity index (χ2n) is 4.93. The van der Waals surface area contributed by atoms with E-state index in [4.69, 9.17) is 9.78 Å². The van der Waals surface area contributed by atoms with Gasteiger partial charge in [-0.05, 0) is 17.5 Å². The minimum absolute atomic E-state index is 0.131. The summed E-state index contributed by atoms with van der Waals surface area (Å²) in [6.07, 6.45) is 3.56. The zero-order chi connectivity index (χ0) is 15.4. The Kier molecular flexibility index (Phi) is 3.97. The molecule has 0 saturated carbocycles. The molecule has 6 nitrogen and oxygen atoms in total. The van der Waals surface area contributed by atoms with E-state index < -0.39 is 0 Å². The lowest BCUT2D eigenvalue weighted by Crippen LogP contribution is -2.07. The number of aryl methyl sites for hydroxylation is 1. The fourth-order valence-corrected chi connectivity index (χ4v) is 2.40. The van der Waals surface area contributed by atoms with Crippen molar-refractivity contribution >= 4 is 0 Å². The van der Waals surface area contributed by atoms with Gasteiger partial charge in [0.25, 0.3) is 5.82 Å². The summed E-state index contributed by atoms with van der Waals surface area (Å²) >= 11 is 0. The summed E-state index contributed by atoms with van der Waals surface area (Å²) in [6.45, 7) is 2.70. The molecule has 2 heterocycles. The summed E-state index contributed by atoms with van der Waals surface area (Å²) in [4.78, 5) is 4.21. The van der Waals surface area contributed by atoms with Crippen LogP contribution < -0.4 is 0 Å². The Morgan fingerprint density at radius 2 is 2.05 bits per heavy atom. The lowest BCUT2D eigenvalue weighted by Gasteiger charge is -2.09. The highest BCUT2D eigenvalue weighted by atomic mass is 16.5. The first-order valence-corrected chi connectivity index (χ1v) is 7.14. The Morgan fingerprint density at radius 1 is 1.23 bits per heavy atom. The Hall–Kier alpha value is -2.94. The second kappa shape index (κ2) is 6.22. The molecule has 2 aromatic heterocycles. The predicted molar refractivity (Wildman–Crippen MR) is 79.8 cm³/mol. The van der Waals surface area contributed by atoms with Crippen LogP contribution in [0.25, 0.3) is 11.5 Å². The third-order valence-corrected chi connectivity index (χ3v) is 3.40. The van der Waals surface area contributed by atoms with Crippen molar-refractivity contribution in [2.75, 3.05) is 0 Å². The van der Waals surface area contributed by atoms with E-state index in [0.717, 1.165) is 12.8 Å². The normalized spacial score (nSPS) is 10.5. The molecule has 0 fully saturated rings. The van der Waals surface area contributed by atoms with Gasteiger partial charge < -0.3 is 4.52 Å². The Balaban J connectivity index is 1.99. The maximum absolute atomic E-state index is 9.05. The molecule has 110 valence electrons. The van der Waals surface area contributed by atoms with Crippen molar-refractivity contribution in [1.29, 1.82) is 5.26 Å². The molecule has 22 heavy (non-hydrogen) atoms. The van der Waals surface area contributed by atoms with Gasteiger partial charge in [0.15, 0.2) is 11.5 Å². The molecule has 0 aliphatic carbocycles. The lowest BCUT2D eigenvalue weighted by atomic mass is 10.0. The van der Waals surface area contributed by atoms with Gasteiger partial charge in [0.05, 0.1) is 6.54 Å². The van der Waals surface area contributed by atoms with Crippen LogP contribution in [0, 0.1) is 11.3 Å². The molecule has 0 saturated heterocycles. The molecule has 0 bridgehead atoms. The largest absolute Gasteiger partial charge is 0.364 e. The average molecular weight is 293 g/mol. The molecule has 0 spiro atoms. The molecule has 0 aliphatic rings. The SMILES string of the molecule is CCCc1ccccc1Cn1nc(C#N)nc1-c1ccon1. The van der Waals surface area contributed by atoms with Crippen LogP contribution in [0.15, 0.2) is 41.1 Å². The van der Waals surface area contributed by atoms with Crippen LogP contribution in [0.4, 0.5) is 0 Å². The summed E-state index contributed by atoms with van der Waals surface area (Å²) in [5, 5.41) is 17.2. The first-order valence-electron chi connectivity index (χ1n) is 7.14. The summed E-state index contributed by atoms with van der Waals surface area (Å²) in [5.41, 5.74) is 3.02. The van der Waals surface area contributed by atoms with E-state index >= 15 is 0 Å². The van der Waals surface area contributed by atoms with Crippen molar-refractivity contribution in [1.82, 2.24) is 19.9 Å². The van der Waals surface area contributed by atoms with E-state index in [0.29, 0.717) is 18.1 Å². The minimum Gasteiger partial charge on any atom is -0.364 e. The van der Waals surface area contributed by atoms with Gasteiger partial charge in [-0.2, -0.15) is 10.2 Å². The fraction of sp³-hybridized carbons (Fsp3) is 0.250. The molecule has 6 heteroatoms. The predicted octanol–water partition coefficient (Wildman–Crippen LogP) is 2.81. The standard InChI is InChI=1S/C16H15N5O/c1-2-5-12-6-3-4-7-13(12)11-21-16(14-8-9-22-20-14)18-15(10-17)19-21/h3-4,6-9H,2,5,11H2,1H3. The Labute approximate surface area is 128 Å². The van der Waals surface area contributed by atoms with Gasteiger partial charge in [-0.3, -0.25) is 0 Å². The average Bonchev–Trinajstić information content (AvgIpc) is 3.18. The first kappa shape index (κ1) is 14.0. The number of nitriles is 1. The third-order valence-electron chi connectivity index (χ3n) is 3.40. The van der Waals surface area contributed by atoms with Crippen LogP contribution in [-0.2, 0) is 13.0 Å². The molecule has 0 aliphatic heterocycles. The van der Waals surface area contributed by atoms with Gasteiger partial charge in [-0.25, -0.2) is 4.68 Å². The van der Waals surface area contributed by atoms with E-state index in [1.165, 1.54) is 17.4 Å². The molecule has 0 radical (unpaired) electrons. The Morgan fingerprint density at radius 3 is 2.73 bits per heavy atom. The van der Waals surface area contributed by atoms with Crippen LogP contribution in [-0.4, -0.2) is 19.9 Å². The molecule has 1 aromatic carbocycles. The van der Waals surface area contributed by atoms with Crippen molar-refractivity contribution in [3.05, 3.63) is 53.5 Å². The maximum atomic E-state index is 9.05. The van der Waals surface area contributed by atoms with Gasteiger partial charge in [-0.15, -0.1) is 5.10 Å². The van der Waals surface area contributed by atoms with E-state index in [1.807, 2.05) is 18.2 Å². The zero-order valence-corrected chi connectivity index (χ0v) is 12.2. The van der Waals surface area contributed by atoms with Gasteiger partial charge in [0.2, 0.25) is 0 Å². The van der Waals surface area contributed by atoms with Gasteiger partial charge >= 0.3 is 0 Å². The molecule has 3 rings (SSSR count). The van der Waals surface area contributed by atoms with Crippen LogP contribution in [0.2, 0.25) is 0 Å². The van der Waals surface area contributed by atoms with E-state index in [2.05, 4.69) is 34.3 Å². The van der Waals surface area contributed by atoms with Crippen LogP contribution in [0.3, 0.4) is 0 Å². The zero-order valence-electron chi connectivity index (χ0n) is 12.2. The van der Waals surface area contributed by atoms with E-state index in [-0.39, 0.29) is 5.82 Å². The molecular formula is C16H15N5O. The van der Waals surface area contributed by atoms with E-state index in [1.54, 1.807) is 10.7 Å². The lowest BCUT2D eigenvalue weighted by molar-refractivity contribution is 0.421. The highest BCUT2D eigenvalue weighted by molar-refractivity contribution is 5.48. The third kappa shape index (κ3) is 2.74. The first-order chi connectivity index (χ1) is 10.8. The smallest absolute Gasteiger partial charge is 0.252 e. The molecular weight excluding hydrogens is 278 g/mol. The van der Waals surface area contributed by atoms with Crippen LogP contribution in [0.5, 0.6) is 0 Å². The number of aromatic nitrogens is 4. The monoisotopic (exact) mass is 293 g/mol. The number of nitrogens with zero attached hydrogens (tertiary/aromatic N) is 5. The van der Waals surface area contributed by atoms with Gasteiger partial charge in [0, 0.05) is 6.07 Å². The van der Waals surface area contributed by atoms with Crippen molar-refractivity contribution in [2.45, 2.75) is 26.3 Å². The molecule has 0 unspecified atom stereocenters. The maximum Gasteiger partial charge on any atom is 0.252 e. The second-order valence-corrected chi connectivity index (χ2v) is 4.93. The quantitative estimate of drug-likeness (QED) is 0.722. The van der Waals surface area contributed by atoms with Crippen molar-refractivity contribution < 1.29 is 4.52 Å². The summed E-state index contributed by atoms with van der Waals surface area (Å²) in [7, 11) is 0. The molecule has 3 aromatic rings. The number of rotatable bonds is 5. The Bertz CT molecular complexity index is 798. The summed E-state index contributed by atoms with van der Waals surface area (Å²) in [5.74, 6) is 0.669. The number of hydrogen-bond acceptors (Lipinski definition) is 5. The number of hydrogen-bond donors (Lipinski definition) is 0. The summed E-state index contributed by atoms with van der Waals surface area (Å²) < 4.78 is 6.56. The van der Waals surface area contributed by atoms with E-state index in [9.17, 15) is 0 Å². The van der Waals surface area contributed by atoms with Crippen LogP contribution >= 0.6 is 0 Å². The molecule has 0 amide bonds. The highest BCUT2D eigenvalue weighted by Crippen LogP contribution is 2.18. The molecule has 0 atom stereocenters. The summed E-state index contributed by atoms with van der Waals surface area (Å²) in [6, 6.07) is 11.9. The molecule has 0 N–H and O–H groups in total. The van der Waals surface area contributed by atoms with Crippen molar-refractivity contribution in [3.8, 4) is 17.6 Å². The highest BCUT2D eigenvalue weighted by Gasteiger charge is 2.15. The van der Waals surface area contributed by atoms with Gasteiger partial charge in [-0.1, -0.05) is 42.8 Å². The minimum atomic E-state index is 0.131. The van der Waals surface area contributed by atoms with Crippen molar-refractivity contribution in [3.63, 3.8) is 0 Å². The van der Waals surface area contributed by atoms with Crippen LogP contribution in [0.1, 0.15) is 30.3 Å². The fourth-order valence-electron chi connectivity index (χ4n) is 2.40. The number of benzene rings is 1. The topological polar surface area (TPSA) is 80.5 Å². The van der Waals surface area contributed by atoms with Gasteiger partial charge in [0.1, 0.15) is 12.3 Å².